The predicted molar refractivity (Wildman–Crippen MR) is 79.6 cm³/mol. The summed E-state index contributed by atoms with van der Waals surface area (Å²) in [6.07, 6.45) is 0.706. The van der Waals surface area contributed by atoms with Crippen LogP contribution in [0.15, 0.2) is 0 Å². The van der Waals surface area contributed by atoms with Crippen LogP contribution in [0.2, 0.25) is 0 Å². The van der Waals surface area contributed by atoms with Gasteiger partial charge in [-0.05, 0) is 24.2 Å². The summed E-state index contributed by atoms with van der Waals surface area (Å²) in [5.41, 5.74) is 5.21. The van der Waals surface area contributed by atoms with Crippen LogP contribution in [0.5, 0.6) is 0 Å². The molecule has 2 atom stereocenters. The Bertz CT molecular complexity index is 369. The molecule has 21 heavy (non-hydrogen) atoms. The lowest BCUT2D eigenvalue weighted by atomic mass is 9.94. The molecule has 122 valence electrons. The van der Waals surface area contributed by atoms with Crippen molar-refractivity contribution in [2.75, 3.05) is 6.54 Å². The van der Waals surface area contributed by atoms with Crippen LogP contribution in [0.4, 0.5) is 4.79 Å². The molecule has 0 aliphatic heterocycles. The molecule has 0 radical (unpaired) electrons. The van der Waals surface area contributed by atoms with Crippen molar-refractivity contribution < 1.29 is 19.5 Å². The number of urea groups is 1. The summed E-state index contributed by atoms with van der Waals surface area (Å²) in [5.74, 6) is -1.39. The molecule has 0 aromatic carbocycles. The highest BCUT2D eigenvalue weighted by molar-refractivity contribution is 5.86. The van der Waals surface area contributed by atoms with Crippen molar-refractivity contribution in [2.24, 2.45) is 23.5 Å². The first-order valence-corrected chi connectivity index (χ1v) is 7.18. The summed E-state index contributed by atoms with van der Waals surface area (Å²) in [4.78, 5) is 33.8. The Hall–Kier alpha value is -1.79. The molecule has 0 aromatic rings. The third kappa shape index (κ3) is 8.88. The van der Waals surface area contributed by atoms with Crippen LogP contribution in [0.1, 0.15) is 40.5 Å². The molecular formula is C14H27N3O4. The van der Waals surface area contributed by atoms with Crippen LogP contribution < -0.4 is 16.4 Å². The Morgan fingerprint density at radius 2 is 1.71 bits per heavy atom. The minimum Gasteiger partial charge on any atom is -0.481 e. The zero-order valence-electron chi connectivity index (χ0n) is 13.2. The largest absolute Gasteiger partial charge is 0.481 e. The number of hydrogen-bond donors (Lipinski definition) is 4. The first kappa shape index (κ1) is 19.2. The minimum atomic E-state index is -0.889. The third-order valence-corrected chi connectivity index (χ3v) is 3.08. The van der Waals surface area contributed by atoms with E-state index in [1.807, 2.05) is 13.8 Å². The van der Waals surface area contributed by atoms with Gasteiger partial charge < -0.3 is 21.5 Å². The number of hydrogen-bond acceptors (Lipinski definition) is 3. The van der Waals surface area contributed by atoms with Crippen molar-refractivity contribution in [3.8, 4) is 0 Å². The lowest BCUT2D eigenvalue weighted by molar-refractivity contribution is -0.138. The number of primary amides is 1. The van der Waals surface area contributed by atoms with Gasteiger partial charge in [0, 0.05) is 13.0 Å². The topological polar surface area (TPSA) is 122 Å². The molecule has 0 aromatic heterocycles. The van der Waals surface area contributed by atoms with Gasteiger partial charge in [-0.25, -0.2) is 4.79 Å². The maximum absolute atomic E-state index is 11.8. The lowest BCUT2D eigenvalue weighted by Crippen LogP contribution is -2.51. The van der Waals surface area contributed by atoms with E-state index in [2.05, 4.69) is 10.6 Å². The number of aliphatic carboxylic acids is 1. The number of rotatable bonds is 9. The molecule has 1 unspecified atom stereocenters. The van der Waals surface area contributed by atoms with Crippen LogP contribution >= 0.6 is 0 Å². The molecule has 0 aliphatic carbocycles. The molecule has 0 saturated carbocycles. The zero-order chi connectivity index (χ0) is 16.6. The van der Waals surface area contributed by atoms with Gasteiger partial charge in [-0.3, -0.25) is 9.59 Å². The maximum atomic E-state index is 11.8. The van der Waals surface area contributed by atoms with Gasteiger partial charge in [0.05, 0.1) is 0 Å². The Morgan fingerprint density at radius 1 is 1.14 bits per heavy atom. The molecule has 5 N–H and O–H groups in total. The second kappa shape index (κ2) is 9.20. The molecule has 7 nitrogen and oxygen atoms in total. The molecule has 0 rings (SSSR count). The number of carboxylic acids is 1. The molecule has 7 heteroatoms. The summed E-state index contributed by atoms with van der Waals surface area (Å²) in [5, 5.41) is 14.0. The molecule has 0 bridgehead atoms. The Morgan fingerprint density at radius 3 is 2.10 bits per heavy atom. The van der Waals surface area contributed by atoms with Crippen molar-refractivity contribution in [1.82, 2.24) is 10.6 Å². The van der Waals surface area contributed by atoms with E-state index in [0.29, 0.717) is 12.3 Å². The molecular weight excluding hydrogens is 274 g/mol. The predicted octanol–water partition coefficient (Wildman–Crippen LogP) is 0.933. The van der Waals surface area contributed by atoms with Crippen molar-refractivity contribution >= 4 is 17.9 Å². The molecule has 0 spiro atoms. The highest BCUT2D eigenvalue weighted by Crippen LogP contribution is 2.14. The molecule has 0 aliphatic rings. The SMILES string of the molecule is CC(C)C[C@H](CNC(=O)NC(C(N)=O)C(C)C)CC(=O)O. The van der Waals surface area contributed by atoms with E-state index in [1.165, 1.54) is 0 Å². The summed E-state index contributed by atoms with van der Waals surface area (Å²) in [7, 11) is 0. The smallest absolute Gasteiger partial charge is 0.315 e. The van der Waals surface area contributed by atoms with Gasteiger partial charge in [0.15, 0.2) is 0 Å². The van der Waals surface area contributed by atoms with E-state index >= 15 is 0 Å². The van der Waals surface area contributed by atoms with Crippen LogP contribution in [-0.4, -0.2) is 35.6 Å². The maximum Gasteiger partial charge on any atom is 0.315 e. The van der Waals surface area contributed by atoms with E-state index in [0.717, 1.165) is 0 Å². The van der Waals surface area contributed by atoms with E-state index in [-0.39, 0.29) is 24.8 Å². The summed E-state index contributed by atoms with van der Waals surface area (Å²) in [6.45, 7) is 7.80. The quantitative estimate of drug-likeness (QED) is 0.506. The number of carbonyl (C=O) groups excluding carboxylic acids is 2. The Balaban J connectivity index is 4.41. The molecule has 3 amide bonds. The van der Waals surface area contributed by atoms with Gasteiger partial charge in [-0.2, -0.15) is 0 Å². The first-order chi connectivity index (χ1) is 9.63. The van der Waals surface area contributed by atoms with Crippen molar-refractivity contribution in [3.05, 3.63) is 0 Å². The fraction of sp³-hybridized carbons (Fsp3) is 0.786. The fourth-order valence-corrected chi connectivity index (χ4v) is 2.15. The number of carboxylic acid groups (broad SMARTS) is 1. The average Bonchev–Trinajstić information content (AvgIpc) is 2.30. The monoisotopic (exact) mass is 301 g/mol. The highest BCUT2D eigenvalue weighted by atomic mass is 16.4. The van der Waals surface area contributed by atoms with Gasteiger partial charge in [0.25, 0.3) is 0 Å². The Labute approximate surface area is 125 Å². The molecule has 0 saturated heterocycles. The minimum absolute atomic E-state index is 0.00187. The number of nitrogens with one attached hydrogen (secondary N) is 2. The van der Waals surface area contributed by atoms with Gasteiger partial charge in [-0.15, -0.1) is 0 Å². The Kier molecular flexibility index (Phi) is 8.42. The van der Waals surface area contributed by atoms with Crippen molar-refractivity contribution in [1.29, 1.82) is 0 Å². The number of carbonyl (C=O) groups is 3. The van der Waals surface area contributed by atoms with Crippen LogP contribution in [0.3, 0.4) is 0 Å². The summed E-state index contributed by atoms with van der Waals surface area (Å²) in [6, 6.07) is -1.25. The number of nitrogens with two attached hydrogens (primary N) is 1. The lowest BCUT2D eigenvalue weighted by Gasteiger charge is -2.21. The number of amides is 3. The van der Waals surface area contributed by atoms with Crippen LogP contribution in [0, 0.1) is 17.8 Å². The second-order valence-electron chi connectivity index (χ2n) is 6.07. The van der Waals surface area contributed by atoms with Crippen molar-refractivity contribution in [2.45, 2.75) is 46.6 Å². The molecule has 0 fully saturated rings. The highest BCUT2D eigenvalue weighted by Gasteiger charge is 2.22. The second-order valence-corrected chi connectivity index (χ2v) is 6.07. The van der Waals surface area contributed by atoms with Gasteiger partial charge in [0.1, 0.15) is 6.04 Å². The van der Waals surface area contributed by atoms with Gasteiger partial charge >= 0.3 is 12.0 Å². The van der Waals surface area contributed by atoms with E-state index < -0.39 is 23.9 Å². The molecule has 0 heterocycles. The van der Waals surface area contributed by atoms with Crippen LogP contribution in [0.25, 0.3) is 0 Å². The van der Waals surface area contributed by atoms with Crippen molar-refractivity contribution in [3.63, 3.8) is 0 Å². The average molecular weight is 301 g/mol. The zero-order valence-corrected chi connectivity index (χ0v) is 13.2. The summed E-state index contributed by atoms with van der Waals surface area (Å²) >= 11 is 0. The van der Waals surface area contributed by atoms with Gasteiger partial charge in [-0.1, -0.05) is 27.7 Å². The normalized spacial score (nSPS) is 13.8. The van der Waals surface area contributed by atoms with E-state index in [1.54, 1.807) is 13.8 Å². The first-order valence-electron chi connectivity index (χ1n) is 7.18. The fourth-order valence-electron chi connectivity index (χ4n) is 2.15. The standard InChI is InChI=1S/C14H27N3O4/c1-8(2)5-10(6-11(18)19)7-16-14(21)17-12(9(3)4)13(15)20/h8-10,12H,5-7H2,1-4H3,(H2,15,20)(H,18,19)(H2,16,17,21)/t10-,12?/m0/s1. The summed E-state index contributed by atoms with van der Waals surface area (Å²) < 4.78 is 0. The third-order valence-electron chi connectivity index (χ3n) is 3.08. The van der Waals surface area contributed by atoms with E-state index in [4.69, 9.17) is 10.8 Å². The van der Waals surface area contributed by atoms with E-state index in [9.17, 15) is 14.4 Å². The van der Waals surface area contributed by atoms with Gasteiger partial charge in [0.2, 0.25) is 5.91 Å². The van der Waals surface area contributed by atoms with Crippen LogP contribution in [-0.2, 0) is 9.59 Å².